The van der Waals surface area contributed by atoms with E-state index in [1.807, 2.05) is 0 Å². The number of hydrogen-bond acceptors (Lipinski definition) is 2. The molecule has 2 nitrogen and oxygen atoms in total. The van der Waals surface area contributed by atoms with Crippen LogP contribution in [0.4, 0.5) is 8.78 Å². The molecule has 1 rings (SSSR count). The van der Waals surface area contributed by atoms with Gasteiger partial charge < -0.3 is 4.74 Å². The van der Waals surface area contributed by atoms with E-state index in [4.69, 9.17) is 11.6 Å². The van der Waals surface area contributed by atoms with Crippen LogP contribution < -0.4 is 0 Å². The second kappa shape index (κ2) is 5.07. The van der Waals surface area contributed by atoms with Gasteiger partial charge >= 0.3 is 5.97 Å². The summed E-state index contributed by atoms with van der Waals surface area (Å²) in [6.07, 6.45) is -0.250. The Kier molecular flexibility index (Phi) is 4.03. The summed E-state index contributed by atoms with van der Waals surface area (Å²) in [6.45, 7) is 1.86. The van der Waals surface area contributed by atoms with Gasteiger partial charge in [0.05, 0.1) is 13.0 Å². The van der Waals surface area contributed by atoms with Crippen molar-refractivity contribution in [3.63, 3.8) is 0 Å². The number of halogens is 3. The predicted molar refractivity (Wildman–Crippen MR) is 51.7 cm³/mol. The van der Waals surface area contributed by atoms with Gasteiger partial charge in [0.15, 0.2) is 0 Å². The summed E-state index contributed by atoms with van der Waals surface area (Å²) < 4.78 is 30.7. The fourth-order valence-electron chi connectivity index (χ4n) is 1.07. The second-order valence-electron chi connectivity index (χ2n) is 2.82. The van der Waals surface area contributed by atoms with E-state index < -0.39 is 22.6 Å². The molecule has 1 aromatic carbocycles. The molecule has 0 atom stereocenters. The zero-order valence-corrected chi connectivity index (χ0v) is 8.78. The molecule has 5 heteroatoms. The van der Waals surface area contributed by atoms with Crippen LogP contribution in [-0.2, 0) is 16.0 Å². The molecule has 15 heavy (non-hydrogen) atoms. The van der Waals surface area contributed by atoms with E-state index in [2.05, 4.69) is 4.74 Å². The fourth-order valence-corrected chi connectivity index (χ4v) is 1.25. The summed E-state index contributed by atoms with van der Waals surface area (Å²) in [5, 5.41) is -0.600. The van der Waals surface area contributed by atoms with Gasteiger partial charge in [-0.1, -0.05) is 17.7 Å². The highest BCUT2D eigenvalue weighted by Crippen LogP contribution is 2.22. The molecule has 0 aliphatic heterocycles. The average Bonchev–Trinajstić information content (AvgIpc) is 2.20. The van der Waals surface area contributed by atoms with E-state index in [1.54, 1.807) is 6.92 Å². The molecular weight excluding hydrogens is 226 g/mol. The third-order valence-corrected chi connectivity index (χ3v) is 2.10. The van der Waals surface area contributed by atoms with E-state index in [1.165, 1.54) is 6.07 Å². The highest BCUT2D eigenvalue weighted by molar-refractivity contribution is 6.31. The van der Waals surface area contributed by atoms with Crippen molar-refractivity contribution in [3.8, 4) is 0 Å². The molecule has 0 radical (unpaired) electrons. The van der Waals surface area contributed by atoms with Crippen LogP contribution in [0, 0.1) is 11.6 Å². The number of rotatable bonds is 3. The largest absolute Gasteiger partial charge is 0.466 e. The van der Waals surface area contributed by atoms with Crippen molar-refractivity contribution in [3.05, 3.63) is 34.4 Å². The van der Waals surface area contributed by atoms with Crippen molar-refractivity contribution in [2.24, 2.45) is 0 Å². The van der Waals surface area contributed by atoms with Crippen molar-refractivity contribution in [2.75, 3.05) is 6.61 Å². The van der Waals surface area contributed by atoms with Gasteiger partial charge in [0.25, 0.3) is 0 Å². The van der Waals surface area contributed by atoms with E-state index >= 15 is 0 Å². The molecule has 0 unspecified atom stereocenters. The predicted octanol–water partition coefficient (Wildman–Crippen LogP) is 2.72. The highest BCUT2D eigenvalue weighted by atomic mass is 35.5. The zero-order chi connectivity index (χ0) is 11.4. The van der Waals surface area contributed by atoms with Crippen molar-refractivity contribution in [1.82, 2.24) is 0 Å². The van der Waals surface area contributed by atoms with Crippen molar-refractivity contribution >= 4 is 17.6 Å². The van der Waals surface area contributed by atoms with Crippen molar-refractivity contribution in [2.45, 2.75) is 13.3 Å². The third-order valence-electron chi connectivity index (χ3n) is 1.76. The van der Waals surface area contributed by atoms with E-state index in [0.717, 1.165) is 6.07 Å². The van der Waals surface area contributed by atoms with Crippen LogP contribution in [0.15, 0.2) is 12.1 Å². The summed E-state index contributed by atoms with van der Waals surface area (Å²) in [6, 6.07) is 2.19. The lowest BCUT2D eigenvalue weighted by Crippen LogP contribution is -2.09. The van der Waals surface area contributed by atoms with Crippen LogP contribution in [0.25, 0.3) is 0 Å². The van der Waals surface area contributed by atoms with Crippen LogP contribution >= 0.6 is 11.6 Å². The number of carbonyl (C=O) groups excluding carboxylic acids is 1. The summed E-state index contributed by atoms with van der Waals surface area (Å²) in [7, 11) is 0. The second-order valence-corrected chi connectivity index (χ2v) is 3.19. The number of hydrogen-bond donors (Lipinski definition) is 0. The molecule has 0 bridgehead atoms. The summed E-state index contributed by atoms with van der Waals surface area (Å²) in [4.78, 5) is 11.0. The first-order valence-corrected chi connectivity index (χ1v) is 4.72. The Hall–Kier alpha value is -1.16. The summed E-state index contributed by atoms with van der Waals surface area (Å²) in [5.41, 5.74) is 0.0276. The van der Waals surface area contributed by atoms with Gasteiger partial charge in [-0.15, -0.1) is 0 Å². The standard InChI is InChI=1S/C10H9ClF2O2/c1-2-15-8(14)5-6-3-4-7(12)9(11)10(6)13/h3-4H,2,5H2,1H3. The monoisotopic (exact) mass is 234 g/mol. The molecule has 0 spiro atoms. The molecule has 0 saturated carbocycles. The van der Waals surface area contributed by atoms with Crippen LogP contribution in [0.3, 0.4) is 0 Å². The number of ether oxygens (including phenoxy) is 1. The summed E-state index contributed by atoms with van der Waals surface area (Å²) >= 11 is 5.34. The molecule has 0 aliphatic rings. The number of carbonyl (C=O) groups is 1. The fraction of sp³-hybridized carbons (Fsp3) is 0.300. The lowest BCUT2D eigenvalue weighted by Gasteiger charge is -2.04. The van der Waals surface area contributed by atoms with E-state index in [9.17, 15) is 13.6 Å². The lowest BCUT2D eigenvalue weighted by atomic mass is 10.1. The van der Waals surface area contributed by atoms with Gasteiger partial charge in [0.2, 0.25) is 0 Å². The minimum Gasteiger partial charge on any atom is -0.466 e. The molecule has 0 amide bonds. The zero-order valence-electron chi connectivity index (χ0n) is 8.02. The van der Waals surface area contributed by atoms with Crippen LogP contribution in [-0.4, -0.2) is 12.6 Å². The molecule has 82 valence electrons. The number of esters is 1. The average molecular weight is 235 g/mol. The normalized spacial score (nSPS) is 10.1. The third kappa shape index (κ3) is 2.89. The molecule has 0 heterocycles. The molecule has 0 saturated heterocycles. The Bertz CT molecular complexity index is 380. The maximum atomic E-state index is 13.3. The SMILES string of the molecule is CCOC(=O)Cc1ccc(F)c(Cl)c1F. The first-order valence-electron chi connectivity index (χ1n) is 4.34. The first kappa shape index (κ1) is 11.9. The highest BCUT2D eigenvalue weighted by Gasteiger charge is 2.14. The van der Waals surface area contributed by atoms with Gasteiger partial charge in [-0.2, -0.15) is 0 Å². The molecule has 0 fully saturated rings. The van der Waals surface area contributed by atoms with Crippen LogP contribution in [0.2, 0.25) is 5.02 Å². The maximum absolute atomic E-state index is 13.3. The van der Waals surface area contributed by atoms with Gasteiger partial charge in [-0.3, -0.25) is 4.79 Å². The van der Waals surface area contributed by atoms with Crippen molar-refractivity contribution in [1.29, 1.82) is 0 Å². The molecule has 0 aromatic heterocycles. The van der Waals surface area contributed by atoms with Crippen molar-refractivity contribution < 1.29 is 18.3 Å². The Labute approximate surface area is 90.8 Å². The van der Waals surface area contributed by atoms with Crippen LogP contribution in [0.5, 0.6) is 0 Å². The quantitative estimate of drug-likeness (QED) is 0.594. The molecular formula is C10H9ClF2O2. The Morgan fingerprint density at radius 3 is 2.73 bits per heavy atom. The van der Waals surface area contributed by atoms with Gasteiger partial charge in [-0.05, 0) is 13.0 Å². The van der Waals surface area contributed by atoms with Gasteiger partial charge in [0, 0.05) is 5.56 Å². The molecule has 0 N–H and O–H groups in total. The first-order chi connectivity index (χ1) is 7.06. The summed E-state index contributed by atoms with van der Waals surface area (Å²) in [5.74, 6) is -2.33. The topological polar surface area (TPSA) is 26.3 Å². The Balaban J connectivity index is 2.87. The minimum atomic E-state index is -0.912. The molecule has 0 aliphatic carbocycles. The Morgan fingerprint density at radius 2 is 2.13 bits per heavy atom. The van der Waals surface area contributed by atoms with Crippen LogP contribution in [0.1, 0.15) is 12.5 Å². The van der Waals surface area contributed by atoms with E-state index in [-0.39, 0.29) is 18.6 Å². The van der Waals surface area contributed by atoms with Gasteiger partial charge in [0.1, 0.15) is 16.7 Å². The molecule has 1 aromatic rings. The van der Waals surface area contributed by atoms with E-state index in [0.29, 0.717) is 0 Å². The number of benzene rings is 1. The minimum absolute atomic E-state index is 0.0276. The smallest absolute Gasteiger partial charge is 0.310 e. The lowest BCUT2D eigenvalue weighted by molar-refractivity contribution is -0.142. The van der Waals surface area contributed by atoms with Gasteiger partial charge in [-0.25, -0.2) is 8.78 Å². The Morgan fingerprint density at radius 1 is 1.47 bits per heavy atom. The maximum Gasteiger partial charge on any atom is 0.310 e.